The molecular weight excluding hydrogens is 430 g/mol. The van der Waals surface area contributed by atoms with Gasteiger partial charge in [-0.25, -0.2) is 0 Å². The molecule has 3 rings (SSSR count). The van der Waals surface area contributed by atoms with Crippen molar-refractivity contribution >= 4 is 51.9 Å². The van der Waals surface area contributed by atoms with Crippen molar-refractivity contribution in [2.75, 3.05) is 27.4 Å². The Morgan fingerprint density at radius 3 is 2.62 bits per heavy atom. The molecule has 0 radical (unpaired) electrons. The van der Waals surface area contributed by atoms with Crippen LogP contribution in [0.5, 0.6) is 17.2 Å². The molecule has 8 heteroatoms. The summed E-state index contributed by atoms with van der Waals surface area (Å²) in [5.74, 6) is 2.02. The van der Waals surface area contributed by atoms with Gasteiger partial charge in [-0.15, -0.1) is 0 Å². The summed E-state index contributed by atoms with van der Waals surface area (Å²) in [7, 11) is 3.28. The molecule has 1 fully saturated rings. The zero-order valence-corrected chi connectivity index (χ0v) is 18.4. The number of benzene rings is 2. The number of hydrogen-bond donors (Lipinski definition) is 0. The van der Waals surface area contributed by atoms with Crippen LogP contribution in [-0.2, 0) is 4.79 Å². The molecule has 0 atom stereocenters. The Hall–Kier alpha value is -2.22. The maximum Gasteiger partial charge on any atom is 0.265 e. The van der Waals surface area contributed by atoms with Crippen LogP contribution < -0.4 is 14.2 Å². The highest BCUT2D eigenvalue weighted by Gasteiger charge is 2.29. The molecule has 1 heterocycles. The quantitative estimate of drug-likeness (QED) is 0.320. The van der Waals surface area contributed by atoms with Crippen molar-refractivity contribution in [3.63, 3.8) is 0 Å². The number of carbonyl (C=O) groups excluding carboxylic acids is 1. The third-order valence-corrected chi connectivity index (χ3v) is 5.82. The van der Waals surface area contributed by atoms with Crippen LogP contribution >= 0.6 is 35.6 Å². The van der Waals surface area contributed by atoms with Crippen molar-refractivity contribution in [3.8, 4) is 17.2 Å². The molecule has 152 valence electrons. The summed E-state index contributed by atoms with van der Waals surface area (Å²) in [5.41, 5.74) is 0.736. The van der Waals surface area contributed by atoms with E-state index in [4.69, 9.17) is 38.0 Å². The fourth-order valence-corrected chi connectivity index (χ4v) is 3.92. The molecule has 0 bridgehead atoms. The number of thiocarbonyl (C=S) groups is 1. The molecule has 2 aromatic carbocycles. The Morgan fingerprint density at radius 2 is 1.90 bits per heavy atom. The second kappa shape index (κ2) is 10.0. The van der Waals surface area contributed by atoms with Crippen LogP contribution in [0.4, 0.5) is 0 Å². The van der Waals surface area contributed by atoms with E-state index in [-0.39, 0.29) is 5.91 Å². The van der Waals surface area contributed by atoms with Gasteiger partial charge in [0.2, 0.25) is 0 Å². The zero-order valence-electron chi connectivity index (χ0n) is 16.0. The van der Waals surface area contributed by atoms with E-state index >= 15 is 0 Å². The first-order valence-electron chi connectivity index (χ1n) is 8.88. The van der Waals surface area contributed by atoms with Gasteiger partial charge in [-0.2, -0.15) is 0 Å². The highest BCUT2D eigenvalue weighted by molar-refractivity contribution is 8.26. The fourth-order valence-electron chi connectivity index (χ4n) is 2.57. The lowest BCUT2D eigenvalue weighted by molar-refractivity contribution is -0.121. The zero-order chi connectivity index (χ0) is 20.8. The number of nitrogens with zero attached hydrogens (tertiary/aromatic N) is 1. The molecule has 5 nitrogen and oxygen atoms in total. The van der Waals surface area contributed by atoms with Gasteiger partial charge < -0.3 is 14.2 Å². The van der Waals surface area contributed by atoms with Crippen LogP contribution in [0.1, 0.15) is 12.0 Å². The standard InChI is InChI=1S/C21H20ClNO4S2/c1-23-20(24)19(29-21(23)28)12-14-11-15(22)7-8-18(14)27-10-4-9-26-17-6-3-5-16(13-17)25-2/h3,5-8,11-13H,4,9-10H2,1-2H3/b19-12+. The molecular formula is C21H20ClNO4S2. The van der Waals surface area contributed by atoms with Crippen molar-refractivity contribution in [1.82, 2.24) is 4.90 Å². The largest absolute Gasteiger partial charge is 0.497 e. The van der Waals surface area contributed by atoms with E-state index in [0.29, 0.717) is 39.6 Å². The van der Waals surface area contributed by atoms with Crippen LogP contribution in [0.25, 0.3) is 6.08 Å². The van der Waals surface area contributed by atoms with Crippen LogP contribution in [0.3, 0.4) is 0 Å². The minimum absolute atomic E-state index is 0.127. The molecule has 1 saturated heterocycles. The number of hydrogen-bond acceptors (Lipinski definition) is 6. The number of methoxy groups -OCH3 is 1. The average Bonchev–Trinajstić information content (AvgIpc) is 2.96. The first-order valence-corrected chi connectivity index (χ1v) is 10.5. The van der Waals surface area contributed by atoms with E-state index in [9.17, 15) is 4.79 Å². The Kier molecular flexibility index (Phi) is 7.41. The van der Waals surface area contributed by atoms with Crippen molar-refractivity contribution in [1.29, 1.82) is 0 Å². The minimum atomic E-state index is -0.127. The molecule has 0 saturated carbocycles. The normalized spacial score (nSPS) is 15.1. The molecule has 0 aromatic heterocycles. The van der Waals surface area contributed by atoms with Gasteiger partial charge in [0.15, 0.2) is 0 Å². The number of halogens is 1. The summed E-state index contributed by atoms with van der Waals surface area (Å²) in [6.45, 7) is 0.964. The predicted octanol–water partition coefficient (Wildman–Crippen LogP) is 5.03. The molecule has 1 aliphatic heterocycles. The smallest absolute Gasteiger partial charge is 0.265 e. The number of rotatable bonds is 8. The first-order chi connectivity index (χ1) is 14.0. The van der Waals surface area contributed by atoms with E-state index < -0.39 is 0 Å². The average molecular weight is 450 g/mol. The SMILES string of the molecule is COc1cccc(OCCCOc2ccc(Cl)cc2/C=C2/SC(=S)N(C)C2=O)c1. The third-order valence-electron chi connectivity index (χ3n) is 4.10. The Labute approximate surface area is 184 Å². The van der Waals surface area contributed by atoms with Gasteiger partial charge in [0, 0.05) is 30.1 Å². The summed E-state index contributed by atoms with van der Waals surface area (Å²) in [4.78, 5) is 14.2. The number of amides is 1. The summed E-state index contributed by atoms with van der Waals surface area (Å²) in [6.07, 6.45) is 2.45. The van der Waals surface area contributed by atoms with Crippen LogP contribution in [-0.4, -0.2) is 42.5 Å². The van der Waals surface area contributed by atoms with Crippen molar-refractivity contribution < 1.29 is 19.0 Å². The van der Waals surface area contributed by atoms with Crippen molar-refractivity contribution in [2.24, 2.45) is 0 Å². The Morgan fingerprint density at radius 1 is 1.14 bits per heavy atom. The second-order valence-corrected chi connectivity index (χ2v) is 8.26. The van der Waals surface area contributed by atoms with Crippen LogP contribution in [0.15, 0.2) is 47.4 Å². The van der Waals surface area contributed by atoms with Crippen LogP contribution in [0, 0.1) is 0 Å². The molecule has 29 heavy (non-hydrogen) atoms. The molecule has 1 aliphatic rings. The van der Waals surface area contributed by atoms with Crippen LogP contribution in [0.2, 0.25) is 5.02 Å². The fraction of sp³-hybridized carbons (Fsp3) is 0.238. The van der Waals surface area contributed by atoms with Gasteiger partial charge in [0.05, 0.1) is 25.2 Å². The van der Waals surface area contributed by atoms with E-state index in [0.717, 1.165) is 17.1 Å². The third kappa shape index (κ3) is 5.65. The summed E-state index contributed by atoms with van der Waals surface area (Å²) >= 11 is 12.6. The highest BCUT2D eigenvalue weighted by Crippen LogP contribution is 2.34. The monoisotopic (exact) mass is 449 g/mol. The molecule has 0 aliphatic carbocycles. The van der Waals surface area contributed by atoms with E-state index in [1.807, 2.05) is 24.3 Å². The maximum absolute atomic E-state index is 12.2. The number of likely N-dealkylation sites (N-methyl/N-ethyl adjacent to an activating group) is 1. The van der Waals surface area contributed by atoms with Gasteiger partial charge in [-0.3, -0.25) is 9.69 Å². The molecule has 0 spiro atoms. The maximum atomic E-state index is 12.2. The molecule has 0 N–H and O–H groups in total. The van der Waals surface area contributed by atoms with Gasteiger partial charge >= 0.3 is 0 Å². The summed E-state index contributed by atoms with van der Waals surface area (Å²) in [6, 6.07) is 12.8. The van der Waals surface area contributed by atoms with Crippen molar-refractivity contribution in [3.05, 3.63) is 58.0 Å². The van der Waals surface area contributed by atoms with Gasteiger partial charge in [0.1, 0.15) is 21.6 Å². The number of carbonyl (C=O) groups is 1. The van der Waals surface area contributed by atoms with Crippen molar-refractivity contribution in [2.45, 2.75) is 6.42 Å². The summed E-state index contributed by atoms with van der Waals surface area (Å²) < 4.78 is 17.3. The van der Waals surface area contributed by atoms with Gasteiger partial charge in [0.25, 0.3) is 5.91 Å². The van der Waals surface area contributed by atoms with Gasteiger partial charge in [-0.05, 0) is 36.4 Å². The lowest BCUT2D eigenvalue weighted by Crippen LogP contribution is -2.22. The number of thioether (sulfide) groups is 1. The summed E-state index contributed by atoms with van der Waals surface area (Å²) in [5, 5.41) is 0.567. The van der Waals surface area contributed by atoms with E-state index in [2.05, 4.69) is 0 Å². The Bertz CT molecular complexity index is 948. The molecule has 0 unspecified atom stereocenters. The minimum Gasteiger partial charge on any atom is -0.497 e. The predicted molar refractivity (Wildman–Crippen MR) is 121 cm³/mol. The molecule has 1 amide bonds. The lowest BCUT2D eigenvalue weighted by Gasteiger charge is -2.11. The highest BCUT2D eigenvalue weighted by atomic mass is 35.5. The lowest BCUT2D eigenvalue weighted by atomic mass is 10.2. The Balaban J connectivity index is 1.58. The second-order valence-electron chi connectivity index (χ2n) is 6.15. The number of ether oxygens (including phenoxy) is 3. The molecule has 2 aromatic rings. The topological polar surface area (TPSA) is 48.0 Å². The van der Waals surface area contributed by atoms with E-state index in [1.165, 1.54) is 16.7 Å². The van der Waals surface area contributed by atoms with E-state index in [1.54, 1.807) is 38.4 Å². The van der Waals surface area contributed by atoms with Gasteiger partial charge in [-0.1, -0.05) is 41.6 Å². The first kappa shape index (κ1) is 21.5.